The van der Waals surface area contributed by atoms with Crippen LogP contribution in [0.3, 0.4) is 0 Å². The molecule has 0 aromatic heterocycles. The summed E-state index contributed by atoms with van der Waals surface area (Å²) in [5.41, 5.74) is 0. The fraction of sp³-hybridized carbons (Fsp3) is 0.538. The third-order valence-electron chi connectivity index (χ3n) is 3.55. The van der Waals surface area contributed by atoms with E-state index in [4.69, 9.17) is 18.4 Å². The lowest BCUT2D eigenvalue weighted by atomic mass is 10.1. The summed E-state index contributed by atoms with van der Waals surface area (Å²) in [6, 6.07) is 8.04. The van der Waals surface area contributed by atoms with E-state index in [1.165, 1.54) is 12.1 Å². The highest BCUT2D eigenvalue weighted by atomic mass is 32.2. The SMILES string of the molecule is CO[C@H]1CO[C@H]2[C@@H]1OC[C@H]2OS(=O)(=O)c1ccccc1. The van der Waals surface area contributed by atoms with Crippen LogP contribution in [0.5, 0.6) is 0 Å². The molecule has 1 aromatic carbocycles. The number of hydrogen-bond acceptors (Lipinski definition) is 6. The highest BCUT2D eigenvalue weighted by molar-refractivity contribution is 7.86. The molecule has 0 amide bonds. The van der Waals surface area contributed by atoms with Crippen LogP contribution < -0.4 is 0 Å². The van der Waals surface area contributed by atoms with E-state index in [2.05, 4.69) is 0 Å². The van der Waals surface area contributed by atoms with Gasteiger partial charge >= 0.3 is 0 Å². The van der Waals surface area contributed by atoms with Gasteiger partial charge in [0.05, 0.1) is 18.1 Å². The van der Waals surface area contributed by atoms with Crippen molar-refractivity contribution < 1.29 is 26.8 Å². The number of hydrogen-bond donors (Lipinski definition) is 0. The summed E-state index contributed by atoms with van der Waals surface area (Å²) in [6.07, 6.45) is -1.48. The molecule has 2 saturated heterocycles. The molecule has 0 saturated carbocycles. The normalized spacial score (nSPS) is 33.2. The number of rotatable bonds is 4. The van der Waals surface area contributed by atoms with E-state index in [1.807, 2.05) is 0 Å². The van der Waals surface area contributed by atoms with Gasteiger partial charge in [-0.1, -0.05) is 18.2 Å². The summed E-state index contributed by atoms with van der Waals surface area (Å²) >= 11 is 0. The molecule has 6 nitrogen and oxygen atoms in total. The molecular weight excluding hydrogens is 284 g/mol. The molecule has 4 atom stereocenters. The zero-order valence-electron chi connectivity index (χ0n) is 11.0. The van der Waals surface area contributed by atoms with Crippen molar-refractivity contribution in [3.05, 3.63) is 30.3 Å². The Morgan fingerprint density at radius 2 is 1.65 bits per heavy atom. The van der Waals surface area contributed by atoms with Gasteiger partial charge < -0.3 is 14.2 Å². The van der Waals surface area contributed by atoms with E-state index in [9.17, 15) is 8.42 Å². The Bertz CT molecular complexity index is 557. The third kappa shape index (κ3) is 2.47. The Balaban J connectivity index is 1.73. The largest absolute Gasteiger partial charge is 0.376 e. The lowest BCUT2D eigenvalue weighted by molar-refractivity contribution is -0.0133. The second-order valence-electron chi connectivity index (χ2n) is 4.77. The standard InChI is InChI=1S/C13H16O6S/c1-16-10-7-17-13-11(8-18-12(10)13)19-20(14,15)9-5-3-2-4-6-9/h2-6,10-13H,7-8H2,1H3/t10-,11+,12+,13+/m0/s1. The zero-order valence-corrected chi connectivity index (χ0v) is 11.8. The van der Waals surface area contributed by atoms with E-state index < -0.39 is 22.3 Å². The van der Waals surface area contributed by atoms with Crippen molar-refractivity contribution in [3.8, 4) is 0 Å². The van der Waals surface area contributed by atoms with Gasteiger partial charge in [-0.25, -0.2) is 0 Å². The van der Waals surface area contributed by atoms with Crippen LogP contribution in [-0.2, 0) is 28.5 Å². The molecule has 2 aliphatic heterocycles. The quantitative estimate of drug-likeness (QED) is 0.757. The first-order chi connectivity index (χ1) is 9.62. The van der Waals surface area contributed by atoms with Gasteiger partial charge in [0.1, 0.15) is 24.4 Å². The van der Waals surface area contributed by atoms with Crippen molar-refractivity contribution in [2.75, 3.05) is 20.3 Å². The predicted octanol–water partition coefficient (Wildman–Crippen LogP) is 0.573. The molecule has 3 rings (SSSR count). The predicted molar refractivity (Wildman–Crippen MR) is 68.8 cm³/mol. The minimum Gasteiger partial charge on any atom is -0.376 e. The minimum atomic E-state index is -3.81. The number of ether oxygens (including phenoxy) is 3. The lowest BCUT2D eigenvalue weighted by Gasteiger charge is -2.16. The molecule has 0 unspecified atom stereocenters. The van der Waals surface area contributed by atoms with Crippen molar-refractivity contribution >= 4 is 10.1 Å². The summed E-state index contributed by atoms with van der Waals surface area (Å²) < 4.78 is 45.9. The monoisotopic (exact) mass is 300 g/mol. The van der Waals surface area contributed by atoms with Crippen LogP contribution in [0.15, 0.2) is 35.2 Å². The van der Waals surface area contributed by atoms with Gasteiger partial charge in [0.25, 0.3) is 10.1 Å². The van der Waals surface area contributed by atoms with Crippen molar-refractivity contribution in [3.63, 3.8) is 0 Å². The summed E-state index contributed by atoms with van der Waals surface area (Å²) in [5.74, 6) is 0. The van der Waals surface area contributed by atoms with Gasteiger partial charge in [0.2, 0.25) is 0 Å². The van der Waals surface area contributed by atoms with Crippen LogP contribution in [-0.4, -0.2) is 53.2 Å². The van der Waals surface area contributed by atoms with Crippen molar-refractivity contribution in [1.29, 1.82) is 0 Å². The molecule has 1 aromatic rings. The summed E-state index contributed by atoms with van der Waals surface area (Å²) in [5, 5.41) is 0. The number of benzene rings is 1. The lowest BCUT2D eigenvalue weighted by Crippen LogP contribution is -2.34. The van der Waals surface area contributed by atoms with Crippen LogP contribution in [0, 0.1) is 0 Å². The minimum absolute atomic E-state index is 0.129. The summed E-state index contributed by atoms with van der Waals surface area (Å²) in [7, 11) is -2.23. The average molecular weight is 300 g/mol. The first kappa shape index (κ1) is 14.0. The maximum absolute atomic E-state index is 12.2. The molecule has 2 heterocycles. The number of fused-ring (bicyclic) bond motifs is 1. The summed E-state index contributed by atoms with van der Waals surface area (Å²) in [4.78, 5) is 0.129. The first-order valence-corrected chi connectivity index (χ1v) is 7.77. The zero-order chi connectivity index (χ0) is 14.2. The maximum Gasteiger partial charge on any atom is 0.297 e. The molecule has 0 radical (unpaired) electrons. The van der Waals surface area contributed by atoms with Crippen molar-refractivity contribution in [1.82, 2.24) is 0 Å². The van der Waals surface area contributed by atoms with Crippen molar-refractivity contribution in [2.24, 2.45) is 0 Å². The smallest absolute Gasteiger partial charge is 0.297 e. The van der Waals surface area contributed by atoms with Gasteiger partial charge in [-0.2, -0.15) is 8.42 Å². The molecule has 0 bridgehead atoms. The molecule has 20 heavy (non-hydrogen) atoms. The fourth-order valence-corrected chi connectivity index (χ4v) is 3.61. The van der Waals surface area contributed by atoms with Gasteiger partial charge in [-0.3, -0.25) is 4.18 Å². The van der Waals surface area contributed by atoms with Gasteiger partial charge in [0.15, 0.2) is 0 Å². The molecule has 0 aliphatic carbocycles. The molecule has 2 fully saturated rings. The Kier molecular flexibility index (Phi) is 3.78. The average Bonchev–Trinajstić information content (AvgIpc) is 3.02. The highest BCUT2D eigenvalue weighted by Crippen LogP contribution is 2.31. The van der Waals surface area contributed by atoms with Crippen LogP contribution in [0.2, 0.25) is 0 Å². The van der Waals surface area contributed by atoms with Gasteiger partial charge in [-0.15, -0.1) is 0 Å². The van der Waals surface area contributed by atoms with E-state index in [-0.39, 0.29) is 23.7 Å². The molecule has 0 spiro atoms. The van der Waals surface area contributed by atoms with Crippen LogP contribution in [0.4, 0.5) is 0 Å². The Morgan fingerprint density at radius 1 is 1.05 bits per heavy atom. The highest BCUT2D eigenvalue weighted by Gasteiger charge is 2.50. The van der Waals surface area contributed by atoms with Crippen molar-refractivity contribution in [2.45, 2.75) is 29.3 Å². The second kappa shape index (κ2) is 5.42. The maximum atomic E-state index is 12.2. The van der Waals surface area contributed by atoms with Gasteiger partial charge in [0, 0.05) is 7.11 Å². The topological polar surface area (TPSA) is 71.1 Å². The molecule has 0 N–H and O–H groups in total. The first-order valence-electron chi connectivity index (χ1n) is 6.36. The summed E-state index contributed by atoms with van der Waals surface area (Å²) in [6.45, 7) is 0.568. The fourth-order valence-electron chi connectivity index (χ4n) is 2.52. The molecule has 7 heteroatoms. The van der Waals surface area contributed by atoms with E-state index in [0.29, 0.717) is 6.61 Å². The Morgan fingerprint density at radius 3 is 2.30 bits per heavy atom. The Hall–Kier alpha value is -0.990. The third-order valence-corrected chi connectivity index (χ3v) is 4.90. The van der Waals surface area contributed by atoms with E-state index in [0.717, 1.165) is 0 Å². The van der Waals surface area contributed by atoms with Crippen LogP contribution >= 0.6 is 0 Å². The molecule has 110 valence electrons. The Labute approximate surface area is 117 Å². The second-order valence-corrected chi connectivity index (χ2v) is 6.34. The molecular formula is C13H16O6S. The van der Waals surface area contributed by atoms with E-state index in [1.54, 1.807) is 25.3 Å². The van der Waals surface area contributed by atoms with Crippen LogP contribution in [0.1, 0.15) is 0 Å². The number of methoxy groups -OCH3 is 1. The van der Waals surface area contributed by atoms with E-state index >= 15 is 0 Å². The van der Waals surface area contributed by atoms with Gasteiger partial charge in [-0.05, 0) is 12.1 Å². The molecule has 2 aliphatic rings. The van der Waals surface area contributed by atoms with Crippen LogP contribution in [0.25, 0.3) is 0 Å².